The maximum Gasteiger partial charge on any atom is 0.329 e. The van der Waals surface area contributed by atoms with Crippen molar-refractivity contribution in [2.75, 3.05) is 44.1 Å². The van der Waals surface area contributed by atoms with Gasteiger partial charge in [-0.2, -0.15) is 0 Å². The SMILES string of the molecule is COc1cc2c(cc1OC(C)C)C(c1ccc(Cl)cc1)N(c1ccc(N(C)CC3CCC(N(C)CCCCCc4cccc5c4n(C)c(=O)n5C4CCC(=O)NC4=O)CC3)cc1)C(=O)C2. The molecular weight excluding hydrogens is 840 g/mol. The molecule has 2 aliphatic heterocycles. The lowest BCUT2D eigenvalue weighted by Gasteiger charge is -2.38. The van der Waals surface area contributed by atoms with Gasteiger partial charge in [0.15, 0.2) is 11.5 Å². The van der Waals surface area contributed by atoms with Gasteiger partial charge in [-0.3, -0.25) is 28.8 Å². The molecule has 2 unspecified atom stereocenters. The molecule has 3 amide bonds. The number of imide groups is 1. The molecule has 2 fully saturated rings. The van der Waals surface area contributed by atoms with Gasteiger partial charge in [-0.15, -0.1) is 0 Å². The predicted molar refractivity (Wildman–Crippen MR) is 257 cm³/mol. The summed E-state index contributed by atoms with van der Waals surface area (Å²) in [6.45, 7) is 6.02. The third kappa shape index (κ3) is 9.84. The van der Waals surface area contributed by atoms with E-state index in [2.05, 4.69) is 59.5 Å². The number of carbonyl (C=O) groups is 3. The topological polar surface area (TPSA) is 118 Å². The van der Waals surface area contributed by atoms with Crippen molar-refractivity contribution in [3.63, 3.8) is 0 Å². The number of aryl methyl sites for hydroxylation is 2. The van der Waals surface area contributed by atoms with Crippen molar-refractivity contribution in [3.05, 3.63) is 117 Å². The first-order valence-electron chi connectivity index (χ1n) is 23.3. The van der Waals surface area contributed by atoms with Crippen LogP contribution in [0.1, 0.15) is 106 Å². The lowest BCUT2D eigenvalue weighted by Crippen LogP contribution is -2.44. The van der Waals surface area contributed by atoms with E-state index in [0.29, 0.717) is 34.9 Å². The molecule has 3 aliphatic rings. The number of rotatable bonds is 16. The minimum Gasteiger partial charge on any atom is -0.493 e. The number of anilines is 2. The second-order valence-electron chi connectivity index (χ2n) is 18.6. The van der Waals surface area contributed by atoms with E-state index >= 15 is 0 Å². The molecule has 4 aromatic carbocycles. The molecule has 5 aromatic rings. The van der Waals surface area contributed by atoms with Gasteiger partial charge in [0.25, 0.3) is 0 Å². The summed E-state index contributed by atoms with van der Waals surface area (Å²) in [6.07, 6.45) is 9.60. The summed E-state index contributed by atoms with van der Waals surface area (Å²) in [5, 5.41) is 3.04. The fourth-order valence-electron chi connectivity index (χ4n) is 10.4. The Kier molecular flexibility index (Phi) is 14.1. The Morgan fingerprint density at radius 2 is 1.60 bits per heavy atom. The number of ether oxygens (including phenoxy) is 2. The normalized spacial score (nSPS) is 20.1. The highest BCUT2D eigenvalue weighted by atomic mass is 35.5. The number of hydrogen-bond acceptors (Lipinski definition) is 8. The van der Waals surface area contributed by atoms with Crippen LogP contribution in [0.15, 0.2) is 83.7 Å². The molecule has 0 spiro atoms. The van der Waals surface area contributed by atoms with E-state index in [-0.39, 0.29) is 42.5 Å². The van der Waals surface area contributed by atoms with Crippen molar-refractivity contribution in [2.45, 2.75) is 109 Å². The van der Waals surface area contributed by atoms with E-state index in [0.717, 1.165) is 83.4 Å². The Labute approximate surface area is 387 Å². The molecule has 0 bridgehead atoms. The van der Waals surface area contributed by atoms with Crippen molar-refractivity contribution in [1.29, 1.82) is 0 Å². The number of methoxy groups -OCH3 is 1. The summed E-state index contributed by atoms with van der Waals surface area (Å²) in [7, 11) is 7.84. The van der Waals surface area contributed by atoms with Crippen LogP contribution in [0.4, 0.5) is 11.4 Å². The Morgan fingerprint density at radius 3 is 2.29 bits per heavy atom. The summed E-state index contributed by atoms with van der Waals surface area (Å²) in [5.41, 5.74) is 7.38. The Balaban J connectivity index is 0.835. The van der Waals surface area contributed by atoms with E-state index in [9.17, 15) is 19.2 Å². The van der Waals surface area contributed by atoms with Crippen LogP contribution in [0.25, 0.3) is 11.0 Å². The maximum atomic E-state index is 14.1. The zero-order valence-electron chi connectivity index (χ0n) is 38.6. The Bertz CT molecular complexity index is 2580. The Morgan fingerprint density at radius 1 is 0.862 bits per heavy atom. The number of aromatic nitrogens is 2. The van der Waals surface area contributed by atoms with Crippen molar-refractivity contribution < 1.29 is 23.9 Å². The zero-order valence-corrected chi connectivity index (χ0v) is 39.4. The molecule has 8 rings (SSSR count). The Hall–Kier alpha value is -5.59. The molecule has 2 atom stereocenters. The number of hydrogen-bond donors (Lipinski definition) is 1. The van der Waals surface area contributed by atoms with Gasteiger partial charge < -0.3 is 24.2 Å². The van der Waals surface area contributed by atoms with Gasteiger partial charge in [0.05, 0.1) is 36.7 Å². The third-order valence-corrected chi connectivity index (χ3v) is 14.1. The highest BCUT2D eigenvalue weighted by Gasteiger charge is 2.37. The largest absolute Gasteiger partial charge is 0.493 e. The zero-order chi connectivity index (χ0) is 45.9. The van der Waals surface area contributed by atoms with Crippen LogP contribution in [0.5, 0.6) is 11.5 Å². The summed E-state index contributed by atoms with van der Waals surface area (Å²) >= 11 is 6.33. The molecule has 65 heavy (non-hydrogen) atoms. The van der Waals surface area contributed by atoms with Gasteiger partial charge in [-0.05, 0) is 162 Å². The smallest absolute Gasteiger partial charge is 0.329 e. The average molecular weight is 904 g/mol. The van der Waals surface area contributed by atoms with Crippen LogP contribution < -0.4 is 30.3 Å². The first-order chi connectivity index (χ1) is 31.3. The van der Waals surface area contributed by atoms with Crippen LogP contribution in [0.2, 0.25) is 5.02 Å². The summed E-state index contributed by atoms with van der Waals surface area (Å²) in [6, 6.07) is 25.6. The molecule has 344 valence electrons. The summed E-state index contributed by atoms with van der Waals surface area (Å²) < 4.78 is 15.1. The van der Waals surface area contributed by atoms with Crippen molar-refractivity contribution >= 4 is 51.7 Å². The summed E-state index contributed by atoms with van der Waals surface area (Å²) in [4.78, 5) is 58.6. The van der Waals surface area contributed by atoms with E-state index in [1.807, 2.05) is 67.3 Å². The number of nitrogens with one attached hydrogen (secondary N) is 1. The minimum atomic E-state index is -0.676. The number of amides is 3. The van der Waals surface area contributed by atoms with Crippen LogP contribution in [0.3, 0.4) is 0 Å². The lowest BCUT2D eigenvalue weighted by molar-refractivity contribution is -0.135. The number of carbonyl (C=O) groups excluding carboxylic acids is 3. The van der Waals surface area contributed by atoms with E-state index < -0.39 is 11.9 Å². The molecule has 1 aliphatic carbocycles. The third-order valence-electron chi connectivity index (χ3n) is 13.8. The average Bonchev–Trinajstić information content (AvgIpc) is 3.54. The maximum absolute atomic E-state index is 14.1. The first-order valence-corrected chi connectivity index (χ1v) is 23.7. The molecule has 1 saturated heterocycles. The van der Waals surface area contributed by atoms with Crippen molar-refractivity contribution in [3.8, 4) is 11.5 Å². The molecule has 1 saturated carbocycles. The van der Waals surface area contributed by atoms with Crippen LogP contribution in [0, 0.1) is 5.92 Å². The van der Waals surface area contributed by atoms with Crippen LogP contribution >= 0.6 is 11.6 Å². The van der Waals surface area contributed by atoms with Gasteiger partial charge in [-0.1, -0.05) is 42.3 Å². The second-order valence-corrected chi connectivity index (χ2v) is 19.0. The molecule has 0 radical (unpaired) electrons. The van der Waals surface area contributed by atoms with Crippen LogP contribution in [-0.4, -0.2) is 78.2 Å². The number of unbranched alkanes of at least 4 members (excludes halogenated alkanes) is 2. The quantitative estimate of drug-likeness (QED) is 0.0772. The fourth-order valence-corrected chi connectivity index (χ4v) is 10.6. The molecule has 13 heteroatoms. The van der Waals surface area contributed by atoms with E-state index in [1.165, 1.54) is 25.7 Å². The van der Waals surface area contributed by atoms with E-state index in [4.69, 9.17) is 21.1 Å². The van der Waals surface area contributed by atoms with E-state index in [1.54, 1.807) is 23.3 Å². The number of imidazole rings is 1. The molecule has 12 nitrogen and oxygen atoms in total. The first kappa shape index (κ1) is 46.0. The van der Waals surface area contributed by atoms with Gasteiger partial charge in [0.2, 0.25) is 17.7 Å². The monoisotopic (exact) mass is 902 g/mol. The van der Waals surface area contributed by atoms with Gasteiger partial charge >= 0.3 is 5.69 Å². The molecule has 1 aromatic heterocycles. The van der Waals surface area contributed by atoms with Crippen molar-refractivity contribution in [2.24, 2.45) is 13.0 Å². The minimum absolute atomic E-state index is 0.0169. The summed E-state index contributed by atoms with van der Waals surface area (Å²) in [5.74, 6) is 1.21. The number of halogens is 1. The molecular formula is C52H63ClN6O6. The number of para-hydroxylation sites is 1. The molecule has 1 N–H and O–H groups in total. The highest BCUT2D eigenvalue weighted by molar-refractivity contribution is 6.30. The number of benzene rings is 4. The number of piperidine rings is 1. The predicted octanol–water partition coefficient (Wildman–Crippen LogP) is 8.79. The van der Waals surface area contributed by atoms with Gasteiger partial charge in [0.1, 0.15) is 6.04 Å². The number of fused-ring (bicyclic) bond motifs is 2. The number of nitrogens with zero attached hydrogens (tertiary/aromatic N) is 5. The van der Waals surface area contributed by atoms with Gasteiger partial charge in [-0.25, -0.2) is 4.79 Å². The second kappa shape index (κ2) is 19.9. The highest BCUT2D eigenvalue weighted by Crippen LogP contribution is 2.44. The van der Waals surface area contributed by atoms with Gasteiger partial charge in [0, 0.05) is 49.5 Å². The van der Waals surface area contributed by atoms with Crippen LogP contribution in [-0.2, 0) is 34.3 Å². The standard InChI is InChI=1S/C52H63ClN6O6/c1-33(2)65-46-31-42-37(29-45(46)64-6)30-48(61)58(49(42)36-16-18-38(53)19-17-36)41-24-22-40(23-25-41)56(4)32-34-14-20-39(21-15-34)55(3)28-9-7-8-11-35-12-10-13-43-50(35)57(5)52(63)59(43)44-26-27-47(60)54-51(44)62/h10,12-13,16-19,22-25,29,31,33-34,39,44,49H,7-9,11,14-15,20-21,26-28,30,32H2,1-6H3,(H,54,60,62). The van der Waals surface area contributed by atoms with Crippen molar-refractivity contribution in [1.82, 2.24) is 19.4 Å². The molecule has 3 heterocycles. The lowest BCUT2D eigenvalue weighted by atomic mass is 9.85. The fraction of sp³-hybridized carbons (Fsp3) is 0.462.